The zero-order chi connectivity index (χ0) is 10.7. The van der Waals surface area contributed by atoms with Crippen molar-refractivity contribution in [3.05, 3.63) is 36.2 Å². The minimum absolute atomic E-state index is 0.242. The van der Waals surface area contributed by atoms with Gasteiger partial charge in [0.2, 0.25) is 6.41 Å². The Morgan fingerprint density at radius 3 is 3.00 bits per heavy atom. The molecule has 0 fully saturated rings. The quantitative estimate of drug-likeness (QED) is 0.662. The largest absolute Gasteiger partial charge is 0.507 e. The van der Waals surface area contributed by atoms with Gasteiger partial charge in [0.25, 0.3) is 0 Å². The second-order valence-electron chi connectivity index (χ2n) is 3.08. The van der Waals surface area contributed by atoms with Crippen LogP contribution in [0.4, 0.5) is 0 Å². The van der Waals surface area contributed by atoms with Crippen molar-refractivity contribution in [3.8, 4) is 5.75 Å². The van der Waals surface area contributed by atoms with Gasteiger partial charge in [0.1, 0.15) is 5.75 Å². The molecule has 15 heavy (non-hydrogen) atoms. The molecule has 76 valence electrons. The number of amides is 1. The number of aromatic amines is 1. The van der Waals surface area contributed by atoms with Crippen molar-refractivity contribution in [2.45, 2.75) is 0 Å². The number of carbonyl (C=O) groups excluding carboxylic acids is 1. The number of H-pyrrole nitrogens is 1. The molecule has 2 aromatic rings. The Morgan fingerprint density at radius 1 is 1.40 bits per heavy atom. The van der Waals surface area contributed by atoms with Gasteiger partial charge in [-0.2, -0.15) is 0 Å². The molecular formula is C11H10N2O2. The first-order valence-electron chi connectivity index (χ1n) is 4.48. The van der Waals surface area contributed by atoms with Crippen LogP contribution >= 0.6 is 0 Å². The van der Waals surface area contributed by atoms with Crippen LogP contribution in [0.1, 0.15) is 5.69 Å². The third-order valence-electron chi connectivity index (χ3n) is 2.09. The molecular weight excluding hydrogens is 192 g/mol. The van der Waals surface area contributed by atoms with E-state index in [0.717, 1.165) is 16.6 Å². The normalized spacial score (nSPS) is 10.9. The third-order valence-corrected chi connectivity index (χ3v) is 2.09. The van der Waals surface area contributed by atoms with Crippen molar-refractivity contribution in [2.75, 3.05) is 0 Å². The monoisotopic (exact) mass is 202 g/mol. The Labute approximate surface area is 86.2 Å². The Bertz CT molecular complexity index is 514. The molecule has 0 unspecified atom stereocenters. The number of fused-ring (bicyclic) bond motifs is 1. The van der Waals surface area contributed by atoms with E-state index in [4.69, 9.17) is 0 Å². The molecule has 1 amide bonds. The lowest BCUT2D eigenvalue weighted by Crippen LogP contribution is -1.97. The summed E-state index contributed by atoms with van der Waals surface area (Å²) in [6.45, 7) is 0. The maximum absolute atomic E-state index is 10.0. The Balaban J connectivity index is 2.39. The van der Waals surface area contributed by atoms with Crippen LogP contribution in [0.3, 0.4) is 0 Å². The van der Waals surface area contributed by atoms with Crippen molar-refractivity contribution >= 4 is 23.4 Å². The fraction of sp³-hybridized carbons (Fsp3) is 0. The molecule has 0 radical (unpaired) electrons. The Kier molecular flexibility index (Phi) is 2.41. The third kappa shape index (κ3) is 1.83. The number of phenolic OH excluding ortho intramolecular Hbond substituents is 1. The number of rotatable bonds is 3. The highest BCUT2D eigenvalue weighted by Gasteiger charge is 2.01. The van der Waals surface area contributed by atoms with Crippen LogP contribution in [0, 0.1) is 0 Å². The summed E-state index contributed by atoms with van der Waals surface area (Å²) in [7, 11) is 0. The first kappa shape index (κ1) is 9.33. The lowest BCUT2D eigenvalue weighted by molar-refractivity contribution is -0.108. The maximum atomic E-state index is 10.0. The molecule has 0 bridgehead atoms. The number of hydrogen-bond acceptors (Lipinski definition) is 2. The van der Waals surface area contributed by atoms with E-state index >= 15 is 0 Å². The van der Waals surface area contributed by atoms with Crippen LogP contribution in [0.5, 0.6) is 5.75 Å². The van der Waals surface area contributed by atoms with Gasteiger partial charge in [0.05, 0.1) is 0 Å². The summed E-state index contributed by atoms with van der Waals surface area (Å²) >= 11 is 0. The molecule has 1 aromatic carbocycles. The number of nitrogens with one attached hydrogen (secondary N) is 2. The Hall–Kier alpha value is -2.23. The molecule has 1 aromatic heterocycles. The number of hydrogen-bond donors (Lipinski definition) is 3. The van der Waals surface area contributed by atoms with Crippen LogP contribution in [-0.4, -0.2) is 16.5 Å². The lowest BCUT2D eigenvalue weighted by Gasteiger charge is -1.91. The van der Waals surface area contributed by atoms with Crippen LogP contribution < -0.4 is 5.32 Å². The van der Waals surface area contributed by atoms with E-state index in [9.17, 15) is 9.90 Å². The topological polar surface area (TPSA) is 65.1 Å². The summed E-state index contributed by atoms with van der Waals surface area (Å²) in [6.07, 6.45) is 3.83. The first-order chi connectivity index (χ1) is 7.31. The zero-order valence-electron chi connectivity index (χ0n) is 7.90. The second-order valence-corrected chi connectivity index (χ2v) is 3.08. The van der Waals surface area contributed by atoms with Crippen LogP contribution in [0.15, 0.2) is 30.5 Å². The standard InChI is InChI=1S/C11H10N2O2/c14-7-12-5-4-8-6-9-10(13-8)2-1-3-11(9)15/h1-7,13,15H,(H,12,14). The molecule has 0 aliphatic carbocycles. The van der Waals surface area contributed by atoms with Gasteiger partial charge < -0.3 is 15.4 Å². The van der Waals surface area contributed by atoms with Crippen molar-refractivity contribution in [3.63, 3.8) is 0 Å². The molecule has 0 saturated carbocycles. The highest BCUT2D eigenvalue weighted by atomic mass is 16.3. The summed E-state index contributed by atoms with van der Waals surface area (Å²) in [6, 6.07) is 7.09. The van der Waals surface area contributed by atoms with Gasteiger partial charge in [0, 0.05) is 22.8 Å². The molecule has 2 rings (SSSR count). The average Bonchev–Trinajstić information content (AvgIpc) is 2.63. The predicted octanol–water partition coefficient (Wildman–Crippen LogP) is 1.59. The van der Waals surface area contributed by atoms with Crippen molar-refractivity contribution in [1.29, 1.82) is 0 Å². The van der Waals surface area contributed by atoms with Gasteiger partial charge >= 0.3 is 0 Å². The fourth-order valence-electron chi connectivity index (χ4n) is 1.43. The van der Waals surface area contributed by atoms with Crippen molar-refractivity contribution in [2.24, 2.45) is 0 Å². The molecule has 0 saturated heterocycles. The van der Waals surface area contributed by atoms with E-state index in [1.807, 2.05) is 12.1 Å². The van der Waals surface area contributed by atoms with E-state index in [2.05, 4.69) is 10.3 Å². The van der Waals surface area contributed by atoms with E-state index in [-0.39, 0.29) is 5.75 Å². The van der Waals surface area contributed by atoms with Gasteiger partial charge in [-0.15, -0.1) is 0 Å². The highest BCUT2D eigenvalue weighted by molar-refractivity contribution is 5.88. The number of aromatic hydroxyl groups is 1. The summed E-state index contributed by atoms with van der Waals surface area (Å²) in [5.74, 6) is 0.242. The van der Waals surface area contributed by atoms with E-state index < -0.39 is 0 Å². The van der Waals surface area contributed by atoms with Gasteiger partial charge in [-0.05, 0) is 24.3 Å². The molecule has 4 heteroatoms. The summed E-state index contributed by atoms with van der Waals surface area (Å²) in [5, 5.41) is 12.7. The molecule has 0 atom stereocenters. The Morgan fingerprint density at radius 2 is 2.27 bits per heavy atom. The minimum Gasteiger partial charge on any atom is -0.507 e. The van der Waals surface area contributed by atoms with E-state index in [0.29, 0.717) is 6.41 Å². The number of phenols is 1. The molecule has 3 N–H and O–H groups in total. The minimum atomic E-state index is 0.242. The lowest BCUT2D eigenvalue weighted by atomic mass is 10.2. The zero-order valence-corrected chi connectivity index (χ0v) is 7.90. The SMILES string of the molecule is O=CNC=Cc1cc2c(O)cccc2[nH]1. The fourth-order valence-corrected chi connectivity index (χ4v) is 1.43. The number of carbonyl (C=O) groups is 1. The second kappa shape index (κ2) is 3.88. The summed E-state index contributed by atoms with van der Waals surface area (Å²) in [5.41, 5.74) is 1.68. The predicted molar refractivity (Wildman–Crippen MR) is 58.2 cm³/mol. The first-order valence-corrected chi connectivity index (χ1v) is 4.48. The smallest absolute Gasteiger partial charge is 0.211 e. The molecule has 0 aliphatic heterocycles. The van der Waals surface area contributed by atoms with Gasteiger partial charge in [-0.1, -0.05) is 6.07 Å². The summed E-state index contributed by atoms with van der Waals surface area (Å²) in [4.78, 5) is 13.1. The highest BCUT2D eigenvalue weighted by Crippen LogP contribution is 2.25. The molecule has 1 heterocycles. The van der Waals surface area contributed by atoms with Gasteiger partial charge in [-0.3, -0.25) is 4.79 Å². The number of benzene rings is 1. The van der Waals surface area contributed by atoms with E-state index in [1.54, 1.807) is 18.2 Å². The molecule has 0 aliphatic rings. The van der Waals surface area contributed by atoms with Crippen molar-refractivity contribution in [1.82, 2.24) is 10.3 Å². The summed E-state index contributed by atoms with van der Waals surface area (Å²) < 4.78 is 0. The van der Waals surface area contributed by atoms with Gasteiger partial charge in [0.15, 0.2) is 0 Å². The van der Waals surface area contributed by atoms with E-state index in [1.165, 1.54) is 6.20 Å². The molecule has 0 spiro atoms. The number of aromatic nitrogens is 1. The average molecular weight is 202 g/mol. The van der Waals surface area contributed by atoms with Crippen LogP contribution in [0.25, 0.3) is 17.0 Å². The van der Waals surface area contributed by atoms with Crippen LogP contribution in [-0.2, 0) is 4.79 Å². The van der Waals surface area contributed by atoms with Gasteiger partial charge in [-0.25, -0.2) is 0 Å². The van der Waals surface area contributed by atoms with Crippen molar-refractivity contribution < 1.29 is 9.90 Å². The van der Waals surface area contributed by atoms with Crippen LogP contribution in [0.2, 0.25) is 0 Å². The maximum Gasteiger partial charge on any atom is 0.211 e. The molecule has 4 nitrogen and oxygen atoms in total.